The molecule has 0 bridgehead atoms. The highest BCUT2D eigenvalue weighted by molar-refractivity contribution is 9.09. The monoisotopic (exact) mass is 364 g/mol. The van der Waals surface area contributed by atoms with E-state index in [1.54, 1.807) is 12.1 Å². The Morgan fingerprint density at radius 3 is 2.53 bits per heavy atom. The van der Waals surface area contributed by atoms with E-state index < -0.39 is 11.6 Å². The van der Waals surface area contributed by atoms with E-state index in [1.165, 1.54) is 12.1 Å². The summed E-state index contributed by atoms with van der Waals surface area (Å²) in [5.74, 6) is -1.16. The molecule has 1 unspecified atom stereocenters. The van der Waals surface area contributed by atoms with E-state index in [1.807, 2.05) is 6.07 Å². The summed E-state index contributed by atoms with van der Waals surface area (Å²) in [6.07, 6.45) is 0.353. The minimum atomic E-state index is -0.590. The Balaban J connectivity index is 2.25. The number of alkyl halides is 1. The van der Waals surface area contributed by atoms with Crippen molar-refractivity contribution in [2.24, 2.45) is 0 Å². The Morgan fingerprint density at radius 2 is 1.84 bits per heavy atom. The average Bonchev–Trinajstić information content (AvgIpc) is 2.36. The standard InChI is InChI=1S/C14H9BrCl2F2/c15-11(10-2-1-3-12(16)14(10)17)6-8-4-5-9(18)7-13(8)19/h1-5,7,11H,6H2. The van der Waals surface area contributed by atoms with Crippen LogP contribution >= 0.6 is 39.1 Å². The van der Waals surface area contributed by atoms with E-state index in [2.05, 4.69) is 15.9 Å². The van der Waals surface area contributed by atoms with Crippen LogP contribution in [-0.2, 0) is 6.42 Å². The summed E-state index contributed by atoms with van der Waals surface area (Å²) < 4.78 is 26.4. The van der Waals surface area contributed by atoms with Crippen LogP contribution < -0.4 is 0 Å². The first kappa shape index (κ1) is 14.8. The molecule has 0 N–H and O–H groups in total. The second kappa shape index (κ2) is 6.21. The topological polar surface area (TPSA) is 0 Å². The third kappa shape index (κ3) is 3.47. The van der Waals surface area contributed by atoms with E-state index in [0.29, 0.717) is 22.0 Å². The Kier molecular flexibility index (Phi) is 4.82. The molecule has 19 heavy (non-hydrogen) atoms. The highest BCUT2D eigenvalue weighted by Gasteiger charge is 2.16. The summed E-state index contributed by atoms with van der Waals surface area (Å²) in [5.41, 5.74) is 1.19. The molecule has 0 aliphatic carbocycles. The quantitative estimate of drug-likeness (QED) is 0.589. The third-order valence-corrected chi connectivity index (χ3v) is 4.38. The molecular formula is C14H9BrCl2F2. The summed E-state index contributed by atoms with van der Waals surface area (Å²) in [6.45, 7) is 0. The number of rotatable bonds is 3. The van der Waals surface area contributed by atoms with Crippen LogP contribution in [0.5, 0.6) is 0 Å². The predicted octanol–water partition coefficient (Wildman–Crippen LogP) is 5.95. The number of benzene rings is 2. The molecule has 2 aromatic rings. The molecule has 0 fully saturated rings. The van der Waals surface area contributed by atoms with Gasteiger partial charge in [0.1, 0.15) is 11.6 Å². The van der Waals surface area contributed by atoms with Crippen molar-refractivity contribution in [2.45, 2.75) is 11.2 Å². The SMILES string of the molecule is Fc1ccc(CC(Br)c2cccc(Cl)c2Cl)c(F)c1. The average molecular weight is 366 g/mol. The van der Waals surface area contributed by atoms with Crippen molar-refractivity contribution in [1.29, 1.82) is 0 Å². The molecule has 100 valence electrons. The lowest BCUT2D eigenvalue weighted by molar-refractivity contribution is 0.571. The maximum absolute atomic E-state index is 13.6. The van der Waals surface area contributed by atoms with Crippen LogP contribution in [0.3, 0.4) is 0 Å². The smallest absolute Gasteiger partial charge is 0.129 e. The van der Waals surface area contributed by atoms with Gasteiger partial charge in [-0.1, -0.05) is 57.3 Å². The van der Waals surface area contributed by atoms with E-state index in [4.69, 9.17) is 23.2 Å². The van der Waals surface area contributed by atoms with E-state index in [0.717, 1.165) is 11.6 Å². The predicted molar refractivity (Wildman–Crippen MR) is 78.2 cm³/mol. The first-order valence-corrected chi connectivity index (χ1v) is 7.18. The largest absolute Gasteiger partial charge is 0.207 e. The van der Waals surface area contributed by atoms with Gasteiger partial charge in [-0.2, -0.15) is 0 Å². The van der Waals surface area contributed by atoms with Gasteiger partial charge in [-0.25, -0.2) is 8.78 Å². The maximum atomic E-state index is 13.6. The van der Waals surface area contributed by atoms with Gasteiger partial charge in [0.25, 0.3) is 0 Å². The lowest BCUT2D eigenvalue weighted by atomic mass is 10.0. The fourth-order valence-electron chi connectivity index (χ4n) is 1.75. The number of hydrogen-bond acceptors (Lipinski definition) is 0. The van der Waals surface area contributed by atoms with E-state index in [-0.39, 0.29) is 4.83 Å². The van der Waals surface area contributed by atoms with Crippen molar-refractivity contribution in [3.05, 3.63) is 69.2 Å². The molecule has 5 heteroatoms. The van der Waals surface area contributed by atoms with Gasteiger partial charge >= 0.3 is 0 Å². The number of halogens is 5. The van der Waals surface area contributed by atoms with Gasteiger partial charge in [0, 0.05) is 10.9 Å². The lowest BCUT2D eigenvalue weighted by Crippen LogP contribution is -1.99. The molecule has 0 saturated carbocycles. The van der Waals surface area contributed by atoms with Crippen LogP contribution in [-0.4, -0.2) is 0 Å². The molecule has 0 heterocycles. The van der Waals surface area contributed by atoms with Crippen LogP contribution in [0, 0.1) is 11.6 Å². The molecule has 0 amide bonds. The molecule has 0 radical (unpaired) electrons. The second-order valence-electron chi connectivity index (χ2n) is 4.05. The van der Waals surface area contributed by atoms with Gasteiger partial charge in [-0.15, -0.1) is 0 Å². The minimum absolute atomic E-state index is 0.196. The highest BCUT2D eigenvalue weighted by atomic mass is 79.9. The lowest BCUT2D eigenvalue weighted by Gasteiger charge is -2.13. The fraction of sp³-hybridized carbons (Fsp3) is 0.143. The van der Waals surface area contributed by atoms with Crippen LogP contribution in [0.1, 0.15) is 16.0 Å². The normalized spacial score (nSPS) is 12.5. The Morgan fingerprint density at radius 1 is 1.11 bits per heavy atom. The molecule has 2 aromatic carbocycles. The van der Waals surface area contributed by atoms with Gasteiger partial charge < -0.3 is 0 Å². The van der Waals surface area contributed by atoms with Crippen molar-refractivity contribution in [2.75, 3.05) is 0 Å². The third-order valence-electron chi connectivity index (χ3n) is 2.73. The van der Waals surface area contributed by atoms with Crippen molar-refractivity contribution in [3.8, 4) is 0 Å². The molecule has 0 spiro atoms. The van der Waals surface area contributed by atoms with Crippen LogP contribution in [0.4, 0.5) is 8.78 Å². The van der Waals surface area contributed by atoms with Gasteiger partial charge in [0.15, 0.2) is 0 Å². The fourth-order valence-corrected chi connectivity index (χ4v) is 3.05. The van der Waals surface area contributed by atoms with Crippen molar-refractivity contribution in [3.63, 3.8) is 0 Å². The van der Waals surface area contributed by atoms with E-state index >= 15 is 0 Å². The Bertz CT molecular complexity index is 602. The Hall–Kier alpha value is -0.640. The molecule has 0 saturated heterocycles. The van der Waals surface area contributed by atoms with Crippen molar-refractivity contribution in [1.82, 2.24) is 0 Å². The summed E-state index contributed by atoms with van der Waals surface area (Å²) in [6, 6.07) is 8.81. The maximum Gasteiger partial charge on any atom is 0.129 e. The van der Waals surface area contributed by atoms with Crippen LogP contribution in [0.25, 0.3) is 0 Å². The summed E-state index contributed by atoms with van der Waals surface area (Å²) in [4.78, 5) is -0.196. The van der Waals surface area contributed by atoms with Crippen LogP contribution in [0.2, 0.25) is 10.0 Å². The summed E-state index contributed by atoms with van der Waals surface area (Å²) >= 11 is 15.5. The van der Waals surface area contributed by atoms with Gasteiger partial charge in [-0.05, 0) is 29.7 Å². The molecule has 2 rings (SSSR count). The molecule has 0 aliphatic rings. The zero-order valence-corrected chi connectivity index (χ0v) is 12.7. The van der Waals surface area contributed by atoms with Gasteiger partial charge in [0.2, 0.25) is 0 Å². The van der Waals surface area contributed by atoms with Crippen molar-refractivity contribution < 1.29 is 8.78 Å². The molecular weight excluding hydrogens is 357 g/mol. The molecule has 0 aliphatic heterocycles. The first-order valence-electron chi connectivity index (χ1n) is 5.51. The zero-order chi connectivity index (χ0) is 14.0. The first-order chi connectivity index (χ1) is 8.99. The molecule has 0 aromatic heterocycles. The van der Waals surface area contributed by atoms with Gasteiger partial charge in [0.05, 0.1) is 10.0 Å². The van der Waals surface area contributed by atoms with E-state index in [9.17, 15) is 8.78 Å². The van der Waals surface area contributed by atoms with Gasteiger partial charge in [-0.3, -0.25) is 0 Å². The zero-order valence-electron chi connectivity index (χ0n) is 9.64. The summed E-state index contributed by atoms with van der Waals surface area (Å²) in [7, 11) is 0. The number of hydrogen-bond donors (Lipinski definition) is 0. The van der Waals surface area contributed by atoms with Crippen molar-refractivity contribution >= 4 is 39.1 Å². The summed E-state index contributed by atoms with van der Waals surface area (Å²) in [5, 5.41) is 0.886. The second-order valence-corrected chi connectivity index (χ2v) is 5.94. The van der Waals surface area contributed by atoms with Crippen LogP contribution in [0.15, 0.2) is 36.4 Å². The highest BCUT2D eigenvalue weighted by Crippen LogP contribution is 2.36. The molecule has 0 nitrogen and oxygen atoms in total. The minimum Gasteiger partial charge on any atom is -0.207 e. The Labute approximate surface area is 128 Å². The molecule has 1 atom stereocenters.